The minimum Gasteiger partial charge on any atom is -0.464 e. The number of carbonyl (C=O) groups excluding carboxylic acids is 1. The largest absolute Gasteiger partial charge is 0.464 e. The molecule has 2 aliphatic heterocycles. The third-order valence-electron chi connectivity index (χ3n) is 4.96. The van der Waals surface area contributed by atoms with Crippen LogP contribution in [0.2, 0.25) is 0 Å². The van der Waals surface area contributed by atoms with Gasteiger partial charge in [0.05, 0.1) is 5.92 Å². The first-order valence-electron chi connectivity index (χ1n) is 8.85. The van der Waals surface area contributed by atoms with E-state index in [-0.39, 0.29) is 24.3 Å². The summed E-state index contributed by atoms with van der Waals surface area (Å²) in [5.41, 5.74) is 3.10. The van der Waals surface area contributed by atoms with E-state index < -0.39 is 0 Å². The van der Waals surface area contributed by atoms with Crippen LogP contribution in [0.5, 0.6) is 11.6 Å². The highest BCUT2D eigenvalue weighted by Crippen LogP contribution is 2.36. The number of rotatable bonds is 4. The summed E-state index contributed by atoms with van der Waals surface area (Å²) >= 11 is 0. The van der Waals surface area contributed by atoms with Crippen LogP contribution in [0.25, 0.3) is 0 Å². The molecule has 0 amide bonds. The maximum absolute atomic E-state index is 12.4. The number of nitrogens with one attached hydrogen (secondary N) is 1. The smallest absolute Gasteiger partial charge is 0.313 e. The molecule has 2 atom stereocenters. The van der Waals surface area contributed by atoms with E-state index >= 15 is 0 Å². The summed E-state index contributed by atoms with van der Waals surface area (Å²) in [7, 11) is 0. The predicted octanol–water partition coefficient (Wildman–Crippen LogP) is 3.60. The number of benzene rings is 1. The number of hydrogen-bond donors (Lipinski definition) is 1. The van der Waals surface area contributed by atoms with Gasteiger partial charge in [-0.1, -0.05) is 18.2 Å². The SMILES string of the molecule is CC(C(=O)OCC1CCCN1)c1ccc2c(c1)Cc1cccnc1O2.Cl. The van der Waals surface area contributed by atoms with Crippen LogP contribution in [0, 0.1) is 0 Å². The summed E-state index contributed by atoms with van der Waals surface area (Å²) < 4.78 is 11.4. The molecule has 1 aromatic heterocycles. The monoisotopic (exact) mass is 374 g/mol. The molecule has 0 spiro atoms. The Morgan fingerprint density at radius 3 is 3.08 bits per heavy atom. The second-order valence-corrected chi connectivity index (χ2v) is 6.76. The van der Waals surface area contributed by atoms with Gasteiger partial charge in [-0.15, -0.1) is 12.4 Å². The summed E-state index contributed by atoms with van der Waals surface area (Å²) in [4.78, 5) is 16.6. The van der Waals surface area contributed by atoms with E-state index in [0.29, 0.717) is 18.5 Å². The van der Waals surface area contributed by atoms with Gasteiger partial charge in [0.25, 0.3) is 0 Å². The van der Waals surface area contributed by atoms with E-state index in [0.717, 1.165) is 48.2 Å². The predicted molar refractivity (Wildman–Crippen MR) is 101 cm³/mol. The Labute approximate surface area is 159 Å². The molecule has 0 radical (unpaired) electrons. The van der Waals surface area contributed by atoms with Crippen LogP contribution in [0.3, 0.4) is 0 Å². The van der Waals surface area contributed by atoms with Crippen LogP contribution in [-0.4, -0.2) is 30.1 Å². The molecule has 138 valence electrons. The van der Waals surface area contributed by atoms with Gasteiger partial charge in [0.1, 0.15) is 12.4 Å². The minimum absolute atomic E-state index is 0. The zero-order valence-electron chi connectivity index (χ0n) is 14.7. The second kappa shape index (κ2) is 8.06. The number of esters is 1. The van der Waals surface area contributed by atoms with E-state index in [1.165, 1.54) is 0 Å². The molecule has 2 aromatic rings. The van der Waals surface area contributed by atoms with Gasteiger partial charge in [-0.3, -0.25) is 4.79 Å². The number of pyridine rings is 1. The lowest BCUT2D eigenvalue weighted by atomic mass is 9.95. The first-order chi connectivity index (χ1) is 12.2. The Bertz CT molecular complexity index is 790. The maximum atomic E-state index is 12.4. The molecule has 0 aliphatic carbocycles. The van der Waals surface area contributed by atoms with Crippen molar-refractivity contribution in [1.29, 1.82) is 0 Å². The summed E-state index contributed by atoms with van der Waals surface area (Å²) in [5.74, 6) is 1.01. The Kier molecular flexibility index (Phi) is 5.79. The molecule has 1 fully saturated rings. The van der Waals surface area contributed by atoms with Gasteiger partial charge in [-0.05, 0) is 49.6 Å². The molecule has 0 saturated carbocycles. The van der Waals surface area contributed by atoms with Crippen LogP contribution >= 0.6 is 12.4 Å². The summed E-state index contributed by atoms with van der Waals surface area (Å²) in [5, 5.41) is 3.34. The van der Waals surface area contributed by atoms with E-state index in [2.05, 4.69) is 10.3 Å². The normalized spacial score (nSPS) is 18.7. The first-order valence-corrected chi connectivity index (χ1v) is 8.85. The molecular weight excluding hydrogens is 352 g/mol. The van der Waals surface area contributed by atoms with Crippen molar-refractivity contribution >= 4 is 18.4 Å². The molecule has 2 aliphatic rings. The Morgan fingerprint density at radius 2 is 2.27 bits per heavy atom. The van der Waals surface area contributed by atoms with E-state index in [1.54, 1.807) is 6.20 Å². The second-order valence-electron chi connectivity index (χ2n) is 6.76. The molecule has 2 unspecified atom stereocenters. The maximum Gasteiger partial charge on any atom is 0.313 e. The molecule has 1 N–H and O–H groups in total. The number of nitrogens with zero attached hydrogens (tertiary/aromatic N) is 1. The van der Waals surface area contributed by atoms with Gasteiger partial charge < -0.3 is 14.8 Å². The Balaban J connectivity index is 0.00000196. The van der Waals surface area contributed by atoms with Crippen molar-refractivity contribution in [2.75, 3.05) is 13.2 Å². The Hall–Kier alpha value is -2.11. The van der Waals surface area contributed by atoms with Gasteiger partial charge in [0, 0.05) is 24.2 Å². The third kappa shape index (κ3) is 3.84. The average Bonchev–Trinajstić information content (AvgIpc) is 3.17. The number of carbonyl (C=O) groups is 1. The number of halogens is 1. The highest BCUT2D eigenvalue weighted by atomic mass is 35.5. The van der Waals surface area contributed by atoms with Crippen molar-refractivity contribution in [3.63, 3.8) is 0 Å². The van der Waals surface area contributed by atoms with Crippen molar-refractivity contribution in [3.8, 4) is 11.6 Å². The summed E-state index contributed by atoms with van der Waals surface area (Å²) in [6.45, 7) is 3.36. The van der Waals surface area contributed by atoms with Crippen LogP contribution in [0.15, 0.2) is 36.5 Å². The fourth-order valence-electron chi connectivity index (χ4n) is 3.41. The molecule has 26 heavy (non-hydrogen) atoms. The highest BCUT2D eigenvalue weighted by Gasteiger charge is 2.23. The fraction of sp³-hybridized carbons (Fsp3) is 0.400. The fourth-order valence-corrected chi connectivity index (χ4v) is 3.41. The number of ether oxygens (including phenoxy) is 2. The summed E-state index contributed by atoms with van der Waals surface area (Å²) in [6, 6.07) is 10.1. The molecule has 0 bridgehead atoms. The van der Waals surface area contributed by atoms with Crippen molar-refractivity contribution in [1.82, 2.24) is 10.3 Å². The molecular formula is C20H23ClN2O3. The molecule has 1 aromatic carbocycles. The van der Waals surface area contributed by atoms with Crippen molar-refractivity contribution in [2.45, 2.75) is 38.1 Å². The quantitative estimate of drug-likeness (QED) is 0.707. The highest BCUT2D eigenvalue weighted by molar-refractivity contribution is 5.85. The van der Waals surface area contributed by atoms with Gasteiger partial charge >= 0.3 is 5.97 Å². The lowest BCUT2D eigenvalue weighted by Gasteiger charge is -2.21. The topological polar surface area (TPSA) is 60.5 Å². The number of hydrogen-bond acceptors (Lipinski definition) is 5. The van der Waals surface area contributed by atoms with Crippen molar-refractivity contribution in [3.05, 3.63) is 53.2 Å². The zero-order chi connectivity index (χ0) is 17.2. The molecule has 5 nitrogen and oxygen atoms in total. The molecule has 3 heterocycles. The lowest BCUT2D eigenvalue weighted by Crippen LogP contribution is -2.29. The third-order valence-corrected chi connectivity index (χ3v) is 4.96. The van der Waals surface area contributed by atoms with Crippen LogP contribution in [-0.2, 0) is 16.0 Å². The van der Waals surface area contributed by atoms with Gasteiger partial charge in [0.2, 0.25) is 5.88 Å². The number of fused-ring (bicyclic) bond motifs is 2. The zero-order valence-corrected chi connectivity index (χ0v) is 15.6. The van der Waals surface area contributed by atoms with Crippen LogP contribution in [0.1, 0.15) is 42.4 Å². The van der Waals surface area contributed by atoms with E-state index in [1.807, 2.05) is 37.3 Å². The van der Waals surface area contributed by atoms with Gasteiger partial charge in [-0.25, -0.2) is 4.98 Å². The van der Waals surface area contributed by atoms with Gasteiger partial charge in [-0.2, -0.15) is 0 Å². The standard InChI is InChI=1S/C20H22N2O3.ClH/c1-13(20(23)24-12-17-5-3-8-21-17)14-6-7-18-16(10-14)11-15-4-2-9-22-19(15)25-18;/h2,4,6-7,9-10,13,17,21H,3,5,8,11-12H2,1H3;1H. The average molecular weight is 375 g/mol. The van der Waals surface area contributed by atoms with E-state index in [4.69, 9.17) is 9.47 Å². The van der Waals surface area contributed by atoms with Crippen molar-refractivity contribution in [2.24, 2.45) is 0 Å². The van der Waals surface area contributed by atoms with Crippen LogP contribution in [0.4, 0.5) is 0 Å². The van der Waals surface area contributed by atoms with Gasteiger partial charge in [0.15, 0.2) is 0 Å². The lowest BCUT2D eigenvalue weighted by molar-refractivity contribution is -0.145. The molecule has 1 saturated heterocycles. The molecule has 6 heteroatoms. The minimum atomic E-state index is -0.290. The molecule has 4 rings (SSSR count). The van der Waals surface area contributed by atoms with Crippen LogP contribution < -0.4 is 10.1 Å². The summed E-state index contributed by atoms with van der Waals surface area (Å²) in [6.07, 6.45) is 4.72. The number of aromatic nitrogens is 1. The van der Waals surface area contributed by atoms with E-state index in [9.17, 15) is 4.79 Å². The first kappa shape index (κ1) is 18.7. The Morgan fingerprint density at radius 1 is 1.38 bits per heavy atom. The van der Waals surface area contributed by atoms with Crippen molar-refractivity contribution < 1.29 is 14.3 Å².